The van der Waals surface area contributed by atoms with E-state index < -0.39 is 0 Å². The van der Waals surface area contributed by atoms with Crippen molar-refractivity contribution in [2.45, 2.75) is 38.6 Å². The quantitative estimate of drug-likeness (QED) is 0.874. The molecule has 2 rings (SSSR count). The van der Waals surface area contributed by atoms with Gasteiger partial charge >= 0.3 is 0 Å². The Labute approximate surface area is 138 Å². The third-order valence-corrected chi connectivity index (χ3v) is 4.82. The summed E-state index contributed by atoms with van der Waals surface area (Å²) in [6.45, 7) is 9.64. The Hall–Kier alpha value is -1.46. The highest BCUT2D eigenvalue weighted by Gasteiger charge is 2.28. The Morgan fingerprint density at radius 1 is 1.30 bits per heavy atom. The van der Waals surface area contributed by atoms with Gasteiger partial charge in [0.25, 0.3) is 0 Å². The predicted octanol–water partition coefficient (Wildman–Crippen LogP) is 2.33. The van der Waals surface area contributed by atoms with E-state index in [4.69, 9.17) is 4.74 Å². The van der Waals surface area contributed by atoms with Crippen molar-refractivity contribution in [1.82, 2.24) is 10.2 Å². The maximum absolute atomic E-state index is 13.1. The molecule has 1 amide bonds. The van der Waals surface area contributed by atoms with Crippen molar-refractivity contribution in [2.75, 3.05) is 32.8 Å². The predicted molar refractivity (Wildman–Crippen MR) is 88.9 cm³/mol. The Kier molecular flexibility index (Phi) is 6.13. The van der Waals surface area contributed by atoms with E-state index in [9.17, 15) is 9.18 Å². The van der Waals surface area contributed by atoms with Gasteiger partial charge in [-0.3, -0.25) is 4.79 Å². The molecule has 0 aromatic heterocycles. The number of nitrogens with zero attached hydrogens (tertiary/aromatic N) is 1. The number of ether oxygens (including phenoxy) is 1. The number of rotatable bonds is 6. The molecule has 1 aromatic rings. The zero-order chi connectivity index (χ0) is 16.9. The van der Waals surface area contributed by atoms with Crippen LogP contribution in [0.3, 0.4) is 0 Å². The average Bonchev–Trinajstić information content (AvgIpc) is 2.55. The van der Waals surface area contributed by atoms with E-state index in [1.54, 1.807) is 0 Å². The van der Waals surface area contributed by atoms with Gasteiger partial charge in [-0.25, -0.2) is 4.39 Å². The maximum Gasteiger partial charge on any atom is 0.224 e. The summed E-state index contributed by atoms with van der Waals surface area (Å²) in [7, 11) is 0. The molecule has 0 radical (unpaired) electrons. The highest BCUT2D eigenvalue weighted by Crippen LogP contribution is 2.27. The number of halogens is 1. The maximum atomic E-state index is 13.1. The van der Waals surface area contributed by atoms with E-state index >= 15 is 0 Å². The SMILES string of the molecule is CC(NCCC(=O)N1CCOCC1)C(C)(C)c1ccc(F)cc1. The Balaban J connectivity index is 1.82. The van der Waals surface area contributed by atoms with Gasteiger partial charge in [-0.15, -0.1) is 0 Å². The number of nitrogens with one attached hydrogen (secondary N) is 1. The van der Waals surface area contributed by atoms with Crippen molar-refractivity contribution in [3.05, 3.63) is 35.6 Å². The van der Waals surface area contributed by atoms with Gasteiger partial charge in [0.05, 0.1) is 13.2 Å². The minimum atomic E-state index is -0.221. The molecular formula is C18H27FN2O2. The zero-order valence-electron chi connectivity index (χ0n) is 14.3. The van der Waals surface area contributed by atoms with Crippen LogP contribution in [-0.2, 0) is 14.9 Å². The summed E-state index contributed by atoms with van der Waals surface area (Å²) < 4.78 is 18.3. The lowest BCUT2D eigenvalue weighted by Crippen LogP contribution is -2.45. The van der Waals surface area contributed by atoms with Crippen LogP contribution < -0.4 is 5.32 Å². The Bertz CT molecular complexity index is 510. The molecule has 0 bridgehead atoms. The van der Waals surface area contributed by atoms with E-state index in [1.165, 1.54) is 12.1 Å². The highest BCUT2D eigenvalue weighted by molar-refractivity contribution is 5.76. The van der Waals surface area contributed by atoms with E-state index in [0.717, 1.165) is 5.56 Å². The van der Waals surface area contributed by atoms with E-state index in [1.807, 2.05) is 17.0 Å². The molecule has 1 heterocycles. The second-order valence-electron chi connectivity index (χ2n) is 6.65. The van der Waals surface area contributed by atoms with Crippen molar-refractivity contribution in [2.24, 2.45) is 0 Å². The number of carbonyl (C=O) groups is 1. The van der Waals surface area contributed by atoms with Crippen LogP contribution in [-0.4, -0.2) is 49.7 Å². The largest absolute Gasteiger partial charge is 0.378 e. The fraction of sp³-hybridized carbons (Fsp3) is 0.611. The molecule has 1 saturated heterocycles. The first-order valence-electron chi connectivity index (χ1n) is 8.26. The summed E-state index contributed by atoms with van der Waals surface area (Å²) in [6, 6.07) is 6.81. The van der Waals surface area contributed by atoms with Gasteiger partial charge in [0.2, 0.25) is 5.91 Å². The molecular weight excluding hydrogens is 295 g/mol. The number of carbonyl (C=O) groups excluding carboxylic acids is 1. The molecule has 1 N–H and O–H groups in total. The first-order chi connectivity index (χ1) is 10.9. The first kappa shape index (κ1) is 17.9. The van der Waals surface area contributed by atoms with Crippen LogP contribution in [0.1, 0.15) is 32.8 Å². The molecule has 0 spiro atoms. The minimum Gasteiger partial charge on any atom is -0.378 e. The van der Waals surface area contributed by atoms with E-state index in [2.05, 4.69) is 26.1 Å². The molecule has 0 saturated carbocycles. The second-order valence-corrected chi connectivity index (χ2v) is 6.65. The van der Waals surface area contributed by atoms with Crippen molar-refractivity contribution < 1.29 is 13.9 Å². The van der Waals surface area contributed by atoms with Crippen molar-refractivity contribution in [1.29, 1.82) is 0 Å². The average molecular weight is 322 g/mol. The summed E-state index contributed by atoms with van der Waals surface area (Å²) in [5, 5.41) is 3.43. The fourth-order valence-electron chi connectivity index (χ4n) is 2.75. The lowest BCUT2D eigenvalue weighted by atomic mass is 9.78. The third-order valence-electron chi connectivity index (χ3n) is 4.82. The number of benzene rings is 1. The summed E-state index contributed by atoms with van der Waals surface area (Å²) >= 11 is 0. The molecule has 1 aliphatic heterocycles. The normalized spacial score (nSPS) is 17.1. The third kappa shape index (κ3) is 4.75. The van der Waals surface area contributed by atoms with E-state index in [0.29, 0.717) is 39.3 Å². The number of hydrogen-bond donors (Lipinski definition) is 1. The van der Waals surface area contributed by atoms with Crippen molar-refractivity contribution in [3.8, 4) is 0 Å². The van der Waals surface area contributed by atoms with E-state index in [-0.39, 0.29) is 23.2 Å². The van der Waals surface area contributed by atoms with Crippen molar-refractivity contribution in [3.63, 3.8) is 0 Å². The van der Waals surface area contributed by atoms with Crippen LogP contribution >= 0.6 is 0 Å². The van der Waals surface area contributed by atoms with Gasteiger partial charge in [0.1, 0.15) is 5.82 Å². The number of hydrogen-bond acceptors (Lipinski definition) is 3. The minimum absolute atomic E-state index is 0.143. The lowest BCUT2D eigenvalue weighted by molar-refractivity contribution is -0.135. The Morgan fingerprint density at radius 3 is 2.52 bits per heavy atom. The first-order valence-corrected chi connectivity index (χ1v) is 8.26. The molecule has 5 heteroatoms. The molecule has 1 atom stereocenters. The van der Waals surface area contributed by atoms with Crippen LogP contribution in [0.5, 0.6) is 0 Å². The summed E-state index contributed by atoms with van der Waals surface area (Å²) in [5.74, 6) is -0.0474. The molecule has 0 aliphatic carbocycles. The molecule has 1 fully saturated rings. The summed E-state index contributed by atoms with van der Waals surface area (Å²) in [6.07, 6.45) is 0.490. The van der Waals surface area contributed by atoms with Gasteiger partial charge in [0, 0.05) is 37.5 Å². The van der Waals surface area contributed by atoms with Gasteiger partial charge in [-0.2, -0.15) is 0 Å². The lowest BCUT2D eigenvalue weighted by Gasteiger charge is -2.33. The second kappa shape index (κ2) is 7.88. The van der Waals surface area contributed by atoms with Crippen LogP contribution in [0.25, 0.3) is 0 Å². The molecule has 1 unspecified atom stereocenters. The topological polar surface area (TPSA) is 41.6 Å². The molecule has 23 heavy (non-hydrogen) atoms. The fourth-order valence-corrected chi connectivity index (χ4v) is 2.75. The molecule has 128 valence electrons. The Morgan fingerprint density at radius 2 is 1.91 bits per heavy atom. The number of morpholine rings is 1. The standard InChI is InChI=1S/C18H27FN2O2/c1-14(18(2,3)15-4-6-16(19)7-5-15)20-9-8-17(22)21-10-12-23-13-11-21/h4-7,14,20H,8-13H2,1-3H3. The van der Waals surface area contributed by atoms with Crippen LogP contribution in [0.15, 0.2) is 24.3 Å². The van der Waals surface area contributed by atoms with Gasteiger partial charge in [-0.05, 0) is 24.6 Å². The summed E-state index contributed by atoms with van der Waals surface area (Å²) in [5.41, 5.74) is 0.939. The van der Waals surface area contributed by atoms with Crippen molar-refractivity contribution >= 4 is 5.91 Å². The van der Waals surface area contributed by atoms with Crippen LogP contribution in [0.2, 0.25) is 0 Å². The number of amides is 1. The van der Waals surface area contributed by atoms with Crippen LogP contribution in [0, 0.1) is 5.82 Å². The molecule has 1 aliphatic rings. The zero-order valence-corrected chi connectivity index (χ0v) is 14.3. The van der Waals surface area contributed by atoms with Crippen LogP contribution in [0.4, 0.5) is 4.39 Å². The van der Waals surface area contributed by atoms with Gasteiger partial charge in [0.15, 0.2) is 0 Å². The molecule has 1 aromatic carbocycles. The van der Waals surface area contributed by atoms with Gasteiger partial charge < -0.3 is 15.0 Å². The monoisotopic (exact) mass is 322 g/mol. The summed E-state index contributed by atoms with van der Waals surface area (Å²) in [4.78, 5) is 14.0. The molecule has 4 nitrogen and oxygen atoms in total. The van der Waals surface area contributed by atoms with Gasteiger partial charge in [-0.1, -0.05) is 26.0 Å². The smallest absolute Gasteiger partial charge is 0.224 e. The highest BCUT2D eigenvalue weighted by atomic mass is 19.1.